The van der Waals surface area contributed by atoms with Gasteiger partial charge in [0.05, 0.1) is 48.5 Å². The first kappa shape index (κ1) is 97.8. The van der Waals surface area contributed by atoms with E-state index in [9.17, 15) is 0 Å². The van der Waals surface area contributed by atoms with Gasteiger partial charge in [0, 0.05) is 141 Å². The molecule has 0 radical (unpaired) electrons. The van der Waals surface area contributed by atoms with Gasteiger partial charge in [0.25, 0.3) is 0 Å². The van der Waals surface area contributed by atoms with Crippen LogP contribution in [0.15, 0.2) is 254 Å². The number of aromatic nitrogens is 4. The van der Waals surface area contributed by atoms with Crippen molar-refractivity contribution >= 4 is 111 Å². The van der Waals surface area contributed by atoms with Gasteiger partial charge in [0.15, 0.2) is 22.8 Å². The van der Waals surface area contributed by atoms with Gasteiger partial charge in [-0.2, -0.15) is 18.3 Å². The standard InChI is InChI=1S/C34H33N2O.C34H35N2O.2C33H31N2O/c1-21-16-17-27-28-18-22(2)32(35-4)31(25-14-10-7-11-15-25)34(28)37-33(27)30(21)29-20-26(19-23(3)36(29)5)24-12-8-6-9-13-24;1-20-15-16-25-26-17-22(3)31(35-8)30(24-13-11-10-12-14-24)33(26)37-32(25)29(20)28-18-21(2)27(19-34(5,6)7)23(4)36(28)9;1-20-15-16-26-27-17-21(2)31(34-4)30(24-13-7-6-8-14-24)33(27)36-32(26)29(20)28-19-25(18-22(3)35(28)5)23-11-9-10-12-23;1-20-15-16-26-27-19-21(2)31(34-4)30(24-13-7-6-8-14-24)33(27)36-32(26)29(20)28-18-17-25(22(3)35(28)5)23-11-9-10-12-23/h7,10-11,14-20,24H,6,8-9,12-13H2,1-3,5H3;10-18H,19H2,1-7,9H3;2*6-8,13-19,23H,9-12H2,1-3,5H3/q4*+1. The second-order valence-corrected chi connectivity index (χ2v) is 43.0. The Morgan fingerprint density at radius 3 is 0.836 bits per heavy atom. The van der Waals surface area contributed by atoms with E-state index in [0.717, 1.165) is 189 Å². The summed E-state index contributed by atoms with van der Waals surface area (Å²) >= 11 is 0. The number of hydrogen-bond donors (Lipinski definition) is 0. The van der Waals surface area contributed by atoms with Gasteiger partial charge in [0.2, 0.25) is 45.5 Å². The molecule has 3 saturated carbocycles. The van der Waals surface area contributed by atoms with Crippen LogP contribution in [-0.2, 0) is 34.6 Å². The average molecular weight is 1920 g/mol. The molecule has 20 aromatic rings. The summed E-state index contributed by atoms with van der Waals surface area (Å²) in [6.45, 7) is 66.5. The van der Waals surface area contributed by atoms with Gasteiger partial charge < -0.3 is 17.7 Å². The van der Waals surface area contributed by atoms with Crippen LogP contribution in [0.1, 0.15) is 217 Å². The van der Waals surface area contributed by atoms with Crippen molar-refractivity contribution in [1.82, 2.24) is 0 Å². The molecule has 0 bridgehead atoms. The highest BCUT2D eigenvalue weighted by Crippen LogP contribution is 2.54. The zero-order chi connectivity index (χ0) is 102. The van der Waals surface area contributed by atoms with Gasteiger partial charge in [-0.3, -0.25) is 0 Å². The quantitative estimate of drug-likeness (QED) is 0.0901. The Balaban J connectivity index is 0.000000118. The maximum Gasteiger partial charge on any atom is 0.216 e. The summed E-state index contributed by atoms with van der Waals surface area (Å²) in [5, 5.41) is 8.66. The van der Waals surface area contributed by atoms with Crippen molar-refractivity contribution in [2.75, 3.05) is 0 Å². The summed E-state index contributed by atoms with van der Waals surface area (Å²) in [4.78, 5) is 15.7. The van der Waals surface area contributed by atoms with Gasteiger partial charge in [-0.05, 0) is 220 Å². The number of rotatable bonds is 12. The lowest BCUT2D eigenvalue weighted by Crippen LogP contribution is -2.37. The average Bonchev–Trinajstić information content (AvgIpc) is 1.59. The molecule has 0 spiro atoms. The third-order valence-corrected chi connectivity index (χ3v) is 32.3. The van der Waals surface area contributed by atoms with Gasteiger partial charge in [-0.25, -0.2) is 19.4 Å². The number of furan rings is 4. The molecule has 0 N–H and O–H groups in total. The fraction of sp³-hybridized carbons (Fsp3) is 0.284. The third kappa shape index (κ3) is 17.6. The predicted octanol–water partition coefficient (Wildman–Crippen LogP) is 36.1. The number of aryl methyl sites for hydroxylation is 11. The molecule has 0 saturated heterocycles. The summed E-state index contributed by atoms with van der Waals surface area (Å²) in [6, 6.07) is 83.2. The Kier molecular flexibility index (Phi) is 26.7. The molecular formula is C134H130N8O4+4. The number of fused-ring (bicyclic) bond motifs is 12. The summed E-state index contributed by atoms with van der Waals surface area (Å²) in [5.74, 6) is 1.96. The number of benzene rings is 12. The molecule has 12 nitrogen and oxygen atoms in total. The minimum atomic E-state index is 0.213. The molecule has 0 aliphatic heterocycles. The topological polar surface area (TPSA) is 85.5 Å². The predicted molar refractivity (Wildman–Crippen MR) is 601 cm³/mol. The molecule has 3 fully saturated rings. The molecule has 0 unspecified atom stereocenters. The minimum absolute atomic E-state index is 0.213. The number of pyridine rings is 4. The SMILES string of the molecule is [C-]#[N+]c1c(C)cc2c(oc3c(-c4cc(C)c(CC(C)(C)C)c(C)[n+]4C)c(C)ccc32)c1-c1ccccc1.[C-]#[N+]c1c(C)cc2c(oc3c(-c4cc(C5CCCC5)cc(C)[n+]4C)c(C)ccc32)c1-c1ccccc1.[C-]#[N+]c1c(C)cc2c(oc3c(-c4cc(C5CCCCC5)cc(C)[n+]4C)c(C)ccc32)c1-c1ccccc1.[C-]#[N+]c1c(C)cc2c(oc3c(-c4ccc(C5CCCC5)c(C)[n+]4C)c(C)ccc32)c1-c1ccccc1. The van der Waals surface area contributed by atoms with Crippen molar-refractivity contribution in [3.8, 4) is 89.5 Å². The molecule has 12 heteroatoms. The molecule has 0 amide bonds. The molecule has 8 aromatic heterocycles. The van der Waals surface area contributed by atoms with E-state index < -0.39 is 0 Å². The Bertz CT molecular complexity index is 8830. The van der Waals surface area contributed by atoms with Crippen LogP contribution in [0.3, 0.4) is 0 Å². The lowest BCUT2D eigenvalue weighted by atomic mass is 9.83. The normalized spacial score (nSPS) is 13.6. The Hall–Kier alpha value is -15.6. The molecule has 3 aliphatic carbocycles. The van der Waals surface area contributed by atoms with Crippen molar-refractivity contribution in [1.29, 1.82) is 0 Å². The van der Waals surface area contributed by atoms with Gasteiger partial charge in [-0.1, -0.05) is 260 Å². The largest absolute Gasteiger partial charge is 0.456 e. The molecule has 23 rings (SSSR count). The van der Waals surface area contributed by atoms with E-state index >= 15 is 0 Å². The van der Waals surface area contributed by atoms with Crippen molar-refractivity contribution in [3.05, 3.63) is 377 Å². The third-order valence-electron chi connectivity index (χ3n) is 32.3. The highest BCUT2D eigenvalue weighted by Gasteiger charge is 2.36. The van der Waals surface area contributed by atoms with E-state index in [0.29, 0.717) is 40.5 Å². The monoisotopic (exact) mass is 1920 g/mol. The number of hydrogen-bond acceptors (Lipinski definition) is 4. The second-order valence-electron chi connectivity index (χ2n) is 43.0. The van der Waals surface area contributed by atoms with Gasteiger partial charge in [-0.15, -0.1) is 0 Å². The fourth-order valence-electron chi connectivity index (χ4n) is 24.2. The summed E-state index contributed by atoms with van der Waals surface area (Å²) < 4.78 is 36.4. The fourth-order valence-corrected chi connectivity index (χ4v) is 24.2. The van der Waals surface area contributed by atoms with E-state index in [1.807, 2.05) is 100 Å². The van der Waals surface area contributed by atoms with Crippen LogP contribution >= 0.6 is 0 Å². The van der Waals surface area contributed by atoms with Crippen molar-refractivity contribution < 1.29 is 35.9 Å². The lowest BCUT2D eigenvalue weighted by Gasteiger charge is -2.22. The minimum Gasteiger partial charge on any atom is -0.456 e. The molecule has 146 heavy (non-hydrogen) atoms. The zero-order valence-corrected chi connectivity index (χ0v) is 88.4. The first-order chi connectivity index (χ1) is 70.5. The maximum absolute atomic E-state index is 7.95. The van der Waals surface area contributed by atoms with E-state index in [-0.39, 0.29) is 5.41 Å². The van der Waals surface area contributed by atoms with Gasteiger partial charge >= 0.3 is 0 Å². The molecule has 0 atom stereocenters. The first-order valence-electron chi connectivity index (χ1n) is 52.2. The Morgan fingerprint density at radius 1 is 0.260 bits per heavy atom. The van der Waals surface area contributed by atoms with Crippen LogP contribution < -0.4 is 18.3 Å². The number of nitrogens with zero attached hydrogens (tertiary/aromatic N) is 8. The van der Waals surface area contributed by atoms with E-state index in [1.165, 1.54) is 173 Å². The van der Waals surface area contributed by atoms with Crippen molar-refractivity contribution in [3.63, 3.8) is 0 Å². The smallest absolute Gasteiger partial charge is 0.216 e. The van der Waals surface area contributed by atoms with Crippen LogP contribution in [0, 0.1) is 122 Å². The molecule has 3 aliphatic rings. The Morgan fingerprint density at radius 2 is 0.534 bits per heavy atom. The summed E-state index contributed by atoms with van der Waals surface area (Å²) in [6.07, 6.45) is 18.1. The molecule has 12 aromatic carbocycles. The van der Waals surface area contributed by atoms with Crippen LogP contribution in [0.25, 0.3) is 197 Å². The van der Waals surface area contributed by atoms with E-state index in [1.54, 1.807) is 0 Å². The molecule has 8 heterocycles. The molecular weight excluding hydrogens is 1790 g/mol. The summed E-state index contributed by atoms with van der Waals surface area (Å²) in [5.41, 5.74) is 47.4. The van der Waals surface area contributed by atoms with Gasteiger partial charge in [0.1, 0.15) is 72.9 Å². The first-order valence-corrected chi connectivity index (χ1v) is 52.2. The van der Waals surface area contributed by atoms with E-state index in [4.69, 9.17) is 44.0 Å². The highest BCUT2D eigenvalue weighted by atomic mass is 16.3. The Labute approximate surface area is 859 Å². The zero-order valence-electron chi connectivity index (χ0n) is 88.4. The van der Waals surface area contributed by atoms with Crippen LogP contribution in [0.5, 0.6) is 0 Å². The van der Waals surface area contributed by atoms with Crippen LogP contribution in [0.4, 0.5) is 22.7 Å². The lowest BCUT2D eigenvalue weighted by molar-refractivity contribution is -0.667. The van der Waals surface area contributed by atoms with E-state index in [2.05, 4.69) is 313 Å². The van der Waals surface area contributed by atoms with Crippen molar-refractivity contribution in [2.24, 2.45) is 33.6 Å². The summed E-state index contributed by atoms with van der Waals surface area (Å²) in [7, 11) is 8.65. The second kappa shape index (κ2) is 39.8. The molecule has 726 valence electrons. The highest BCUT2D eigenvalue weighted by molar-refractivity contribution is 6.20. The van der Waals surface area contributed by atoms with Crippen LogP contribution in [-0.4, -0.2) is 0 Å². The maximum atomic E-state index is 7.95. The van der Waals surface area contributed by atoms with Crippen molar-refractivity contribution in [2.45, 2.75) is 218 Å². The van der Waals surface area contributed by atoms with Crippen LogP contribution in [0.2, 0.25) is 0 Å².